The lowest BCUT2D eigenvalue weighted by atomic mass is 10.2. The number of anilines is 3. The molecule has 0 saturated heterocycles. The van der Waals surface area contributed by atoms with E-state index in [-0.39, 0.29) is 5.57 Å². The highest BCUT2D eigenvalue weighted by atomic mass is 35.5. The van der Waals surface area contributed by atoms with Crippen LogP contribution in [0.25, 0.3) is 0 Å². The van der Waals surface area contributed by atoms with E-state index >= 15 is 0 Å². The zero-order valence-electron chi connectivity index (χ0n) is 14.3. The van der Waals surface area contributed by atoms with E-state index in [0.29, 0.717) is 10.7 Å². The fourth-order valence-electron chi connectivity index (χ4n) is 2.11. The van der Waals surface area contributed by atoms with Crippen molar-refractivity contribution in [3.63, 3.8) is 0 Å². The normalized spacial score (nSPS) is 10.8. The molecule has 5 nitrogen and oxygen atoms in total. The smallest absolute Gasteiger partial charge is 0.267 e. The molecule has 2 aromatic rings. The molecule has 2 N–H and O–H groups in total. The number of rotatable bonds is 5. The standard InChI is InChI=1S/C19H19ClN4O/c1-13-17(20)8-5-9-18(13)23-19(25)14(11-21)12-22-15-6-4-7-16(10-15)24(2)3/h4-10,12,22H,1-3H3,(H,23,25)/b14-12-. The summed E-state index contributed by atoms with van der Waals surface area (Å²) in [5, 5.41) is 15.5. The molecule has 0 radical (unpaired) electrons. The molecule has 0 unspecified atom stereocenters. The summed E-state index contributed by atoms with van der Waals surface area (Å²) in [7, 11) is 3.88. The molecule has 0 bridgehead atoms. The van der Waals surface area contributed by atoms with Gasteiger partial charge in [-0.25, -0.2) is 0 Å². The van der Waals surface area contributed by atoms with E-state index in [1.54, 1.807) is 25.1 Å². The average Bonchev–Trinajstić information content (AvgIpc) is 2.59. The minimum absolute atomic E-state index is 0.0327. The molecule has 0 spiro atoms. The Morgan fingerprint density at radius 1 is 1.24 bits per heavy atom. The van der Waals surface area contributed by atoms with Crippen LogP contribution in [-0.4, -0.2) is 20.0 Å². The molecule has 0 aromatic heterocycles. The van der Waals surface area contributed by atoms with Crippen molar-refractivity contribution in [2.45, 2.75) is 6.92 Å². The van der Waals surface area contributed by atoms with Gasteiger partial charge in [0.25, 0.3) is 5.91 Å². The predicted molar refractivity (Wildman–Crippen MR) is 103 cm³/mol. The van der Waals surface area contributed by atoms with E-state index in [1.807, 2.05) is 49.3 Å². The quantitative estimate of drug-likeness (QED) is 0.624. The number of nitrogens with one attached hydrogen (secondary N) is 2. The number of hydrogen-bond donors (Lipinski definition) is 2. The van der Waals surface area contributed by atoms with Gasteiger partial charge >= 0.3 is 0 Å². The highest BCUT2D eigenvalue weighted by Crippen LogP contribution is 2.23. The molecule has 128 valence electrons. The molecule has 0 heterocycles. The van der Waals surface area contributed by atoms with Crippen LogP contribution in [0.15, 0.2) is 54.2 Å². The van der Waals surface area contributed by atoms with Gasteiger partial charge in [0.05, 0.1) is 0 Å². The summed E-state index contributed by atoms with van der Waals surface area (Å²) in [5.41, 5.74) is 3.09. The monoisotopic (exact) mass is 354 g/mol. The fraction of sp³-hybridized carbons (Fsp3) is 0.158. The van der Waals surface area contributed by atoms with Crippen LogP contribution >= 0.6 is 11.6 Å². The first-order chi connectivity index (χ1) is 11.9. The number of hydrogen-bond acceptors (Lipinski definition) is 4. The van der Waals surface area contributed by atoms with Gasteiger partial charge in [-0.1, -0.05) is 23.7 Å². The van der Waals surface area contributed by atoms with Crippen molar-refractivity contribution in [3.8, 4) is 6.07 Å². The Hall–Kier alpha value is -2.97. The lowest BCUT2D eigenvalue weighted by molar-refractivity contribution is -0.112. The molecule has 0 aliphatic heterocycles. The molecule has 0 atom stereocenters. The summed E-state index contributed by atoms with van der Waals surface area (Å²) in [5.74, 6) is -0.496. The molecule has 2 aromatic carbocycles. The Bertz CT molecular complexity index is 853. The van der Waals surface area contributed by atoms with Crippen LogP contribution < -0.4 is 15.5 Å². The van der Waals surface area contributed by atoms with E-state index in [9.17, 15) is 10.1 Å². The second kappa shape index (κ2) is 8.22. The van der Waals surface area contributed by atoms with E-state index < -0.39 is 5.91 Å². The molecule has 2 rings (SSSR count). The van der Waals surface area contributed by atoms with E-state index in [4.69, 9.17) is 11.6 Å². The molecule has 0 saturated carbocycles. The van der Waals surface area contributed by atoms with Crippen molar-refractivity contribution >= 4 is 34.6 Å². The molecule has 0 aliphatic carbocycles. The van der Waals surface area contributed by atoms with E-state index in [2.05, 4.69) is 10.6 Å². The maximum Gasteiger partial charge on any atom is 0.267 e. The van der Waals surface area contributed by atoms with Crippen molar-refractivity contribution in [3.05, 3.63) is 64.8 Å². The zero-order chi connectivity index (χ0) is 18.4. The van der Waals surface area contributed by atoms with Crippen LogP contribution in [-0.2, 0) is 4.79 Å². The largest absolute Gasteiger partial charge is 0.378 e. The fourth-order valence-corrected chi connectivity index (χ4v) is 2.29. The first kappa shape index (κ1) is 18.4. The van der Waals surface area contributed by atoms with Gasteiger partial charge in [0.1, 0.15) is 11.6 Å². The van der Waals surface area contributed by atoms with Crippen LogP contribution in [0.1, 0.15) is 5.56 Å². The van der Waals surface area contributed by atoms with E-state index in [0.717, 1.165) is 16.9 Å². The summed E-state index contributed by atoms with van der Waals surface area (Å²) in [4.78, 5) is 14.3. The third-order valence-corrected chi connectivity index (χ3v) is 4.04. The number of nitrogens with zero attached hydrogens (tertiary/aromatic N) is 2. The van der Waals surface area contributed by atoms with Gasteiger partial charge in [0, 0.05) is 42.4 Å². The van der Waals surface area contributed by atoms with Crippen molar-refractivity contribution in [2.75, 3.05) is 29.6 Å². The predicted octanol–water partition coefficient (Wildman–Crippen LogP) is 4.17. The molecule has 1 amide bonds. The lowest BCUT2D eigenvalue weighted by Crippen LogP contribution is -2.15. The zero-order valence-corrected chi connectivity index (χ0v) is 15.1. The molecular weight excluding hydrogens is 336 g/mol. The number of nitriles is 1. The van der Waals surface area contributed by atoms with Crippen molar-refractivity contribution in [1.29, 1.82) is 5.26 Å². The first-order valence-corrected chi connectivity index (χ1v) is 8.01. The Labute approximate surface area is 152 Å². The number of carbonyl (C=O) groups is 1. The topological polar surface area (TPSA) is 68.2 Å². The number of benzene rings is 2. The number of halogens is 1. The summed E-state index contributed by atoms with van der Waals surface area (Å²) in [6, 6.07) is 14.8. The van der Waals surface area contributed by atoms with E-state index in [1.165, 1.54) is 6.20 Å². The second-order valence-electron chi connectivity index (χ2n) is 5.63. The minimum atomic E-state index is -0.496. The third-order valence-electron chi connectivity index (χ3n) is 3.63. The average molecular weight is 355 g/mol. The highest BCUT2D eigenvalue weighted by molar-refractivity contribution is 6.31. The SMILES string of the molecule is Cc1c(Cl)cccc1NC(=O)/C(C#N)=C\Nc1cccc(N(C)C)c1. The Morgan fingerprint density at radius 3 is 2.64 bits per heavy atom. The molecule has 0 aliphatic rings. The Morgan fingerprint density at radius 2 is 1.96 bits per heavy atom. The van der Waals surface area contributed by atoms with Gasteiger partial charge in [-0.3, -0.25) is 4.79 Å². The van der Waals surface area contributed by atoms with Crippen LogP contribution in [0.2, 0.25) is 5.02 Å². The summed E-state index contributed by atoms with van der Waals surface area (Å²) < 4.78 is 0. The molecular formula is C19H19ClN4O. The van der Waals surface area contributed by atoms with Gasteiger partial charge < -0.3 is 15.5 Å². The summed E-state index contributed by atoms with van der Waals surface area (Å²) in [6.45, 7) is 1.80. The maximum atomic E-state index is 12.3. The summed E-state index contributed by atoms with van der Waals surface area (Å²) in [6.07, 6.45) is 1.39. The van der Waals surface area contributed by atoms with Crippen molar-refractivity contribution < 1.29 is 4.79 Å². The second-order valence-corrected chi connectivity index (χ2v) is 6.03. The Kier molecular flexibility index (Phi) is 6.04. The highest BCUT2D eigenvalue weighted by Gasteiger charge is 2.11. The first-order valence-electron chi connectivity index (χ1n) is 7.63. The van der Waals surface area contributed by atoms with Gasteiger partial charge in [-0.2, -0.15) is 5.26 Å². The van der Waals surface area contributed by atoms with Crippen molar-refractivity contribution in [2.24, 2.45) is 0 Å². The van der Waals surface area contributed by atoms with Gasteiger partial charge in [0.15, 0.2) is 0 Å². The van der Waals surface area contributed by atoms with Crippen LogP contribution in [0, 0.1) is 18.3 Å². The molecule has 25 heavy (non-hydrogen) atoms. The third kappa shape index (κ3) is 4.75. The van der Waals surface area contributed by atoms with Gasteiger partial charge in [0.2, 0.25) is 0 Å². The summed E-state index contributed by atoms with van der Waals surface area (Å²) >= 11 is 6.05. The number of amides is 1. The van der Waals surface area contributed by atoms with Crippen LogP contribution in [0.4, 0.5) is 17.1 Å². The number of carbonyl (C=O) groups excluding carboxylic acids is 1. The molecule has 6 heteroatoms. The van der Waals surface area contributed by atoms with Gasteiger partial charge in [-0.15, -0.1) is 0 Å². The maximum absolute atomic E-state index is 12.3. The lowest BCUT2D eigenvalue weighted by Gasteiger charge is -2.13. The van der Waals surface area contributed by atoms with Crippen molar-refractivity contribution in [1.82, 2.24) is 0 Å². The van der Waals surface area contributed by atoms with Gasteiger partial charge in [-0.05, 0) is 42.8 Å². The van der Waals surface area contributed by atoms with Crippen LogP contribution in [0.3, 0.4) is 0 Å². The Balaban J connectivity index is 2.14. The molecule has 0 fully saturated rings. The van der Waals surface area contributed by atoms with Crippen LogP contribution in [0.5, 0.6) is 0 Å². The minimum Gasteiger partial charge on any atom is -0.378 e.